The summed E-state index contributed by atoms with van der Waals surface area (Å²) < 4.78 is -1.22. The first-order valence-corrected chi connectivity index (χ1v) is 5.77. The Hall–Kier alpha value is -0.690. The summed E-state index contributed by atoms with van der Waals surface area (Å²) in [4.78, 5) is 33.5. The van der Waals surface area contributed by atoms with Crippen molar-refractivity contribution in [3.63, 3.8) is 0 Å². The summed E-state index contributed by atoms with van der Waals surface area (Å²) in [5.74, 6) is -1.56. The van der Waals surface area contributed by atoms with Crippen LogP contribution in [-0.4, -0.2) is 27.7 Å². The van der Waals surface area contributed by atoms with Gasteiger partial charge in [0.1, 0.15) is 0 Å². The van der Waals surface area contributed by atoms with E-state index in [9.17, 15) is 14.4 Å². The summed E-state index contributed by atoms with van der Waals surface area (Å²) >= 11 is 0. The maximum atomic E-state index is 11.4. The van der Waals surface area contributed by atoms with E-state index in [-0.39, 0.29) is 17.6 Å². The summed E-state index contributed by atoms with van der Waals surface area (Å²) in [5.41, 5.74) is 5.13. The number of hydrogen-bond acceptors (Lipinski definition) is 5. The number of piperidine rings is 1. The average molecular weight is 218 g/mol. The van der Waals surface area contributed by atoms with Crippen molar-refractivity contribution in [2.75, 3.05) is 0 Å². The van der Waals surface area contributed by atoms with Gasteiger partial charge in [0, 0.05) is 6.42 Å². The van der Waals surface area contributed by atoms with Gasteiger partial charge in [-0.1, -0.05) is 21.6 Å². The van der Waals surface area contributed by atoms with Gasteiger partial charge >= 0.3 is 0 Å². The molecule has 2 aliphatic rings. The number of hydrogen-bond donors (Lipinski definition) is 2. The molecule has 0 spiro atoms. The van der Waals surface area contributed by atoms with E-state index in [0.717, 1.165) is 10.8 Å². The quantitative estimate of drug-likeness (QED) is 0.335. The molecule has 2 saturated heterocycles. The Balaban J connectivity index is 2.38. The number of imide groups is 1. The van der Waals surface area contributed by atoms with Crippen LogP contribution in [0, 0.1) is 0 Å². The molecule has 2 atom stereocenters. The Bertz CT molecular complexity index is 319. The van der Waals surface area contributed by atoms with Crippen LogP contribution in [0.5, 0.6) is 0 Å². The fourth-order valence-corrected chi connectivity index (χ4v) is 4.56. The number of nitrogens with two attached hydrogens (primary N) is 1. The van der Waals surface area contributed by atoms with Gasteiger partial charge in [0.15, 0.2) is 4.75 Å². The molecule has 0 aromatic carbocycles. The minimum absolute atomic E-state index is 0.225. The minimum Gasteiger partial charge on any atom is -0.368 e. The van der Waals surface area contributed by atoms with Crippen molar-refractivity contribution in [3.05, 3.63) is 0 Å². The first-order chi connectivity index (χ1) is 6.06. The van der Waals surface area contributed by atoms with Crippen molar-refractivity contribution in [2.24, 2.45) is 5.73 Å². The molecule has 3 amide bonds. The molecule has 0 saturated carbocycles. The van der Waals surface area contributed by atoms with E-state index in [1.165, 1.54) is 10.8 Å². The van der Waals surface area contributed by atoms with Gasteiger partial charge in [-0.25, -0.2) is 0 Å². The zero-order valence-corrected chi connectivity index (χ0v) is 8.04. The molecule has 0 radical (unpaired) electrons. The second kappa shape index (κ2) is 2.65. The number of rotatable bonds is 1. The van der Waals surface area contributed by atoms with Crippen LogP contribution in [0.1, 0.15) is 6.42 Å². The lowest BCUT2D eigenvalue weighted by Crippen LogP contribution is -2.58. The average Bonchev–Trinajstić information content (AvgIpc) is 2.43. The summed E-state index contributed by atoms with van der Waals surface area (Å²) in [5, 5.41) is 1.82. The van der Waals surface area contributed by atoms with Gasteiger partial charge in [-0.15, -0.1) is 0 Å². The van der Waals surface area contributed by atoms with Crippen molar-refractivity contribution in [1.29, 1.82) is 0 Å². The van der Waals surface area contributed by atoms with Gasteiger partial charge in [0.25, 0.3) is 5.91 Å². The number of primary amides is 1. The lowest BCUT2D eigenvalue weighted by Gasteiger charge is -2.25. The van der Waals surface area contributed by atoms with Crippen molar-refractivity contribution < 1.29 is 14.4 Å². The first-order valence-electron chi connectivity index (χ1n) is 3.56. The summed E-state index contributed by atoms with van der Waals surface area (Å²) in [7, 11) is 2.32. The molecule has 3 N–H and O–H groups in total. The van der Waals surface area contributed by atoms with E-state index in [4.69, 9.17) is 5.73 Å². The second-order valence-corrected chi connectivity index (χ2v) is 5.58. The van der Waals surface area contributed by atoms with E-state index in [0.29, 0.717) is 0 Å². The highest BCUT2D eigenvalue weighted by Crippen LogP contribution is 2.53. The van der Waals surface area contributed by atoms with E-state index in [1.807, 2.05) is 0 Å². The third-order valence-corrected chi connectivity index (χ3v) is 5.46. The fraction of sp³-hybridized carbons (Fsp3) is 0.500. The largest absolute Gasteiger partial charge is 0.368 e. The first kappa shape index (κ1) is 8.89. The molecule has 0 aromatic heterocycles. The molecule has 0 aromatic rings. The summed E-state index contributed by atoms with van der Waals surface area (Å²) in [6, 6.07) is 0. The van der Waals surface area contributed by atoms with Crippen LogP contribution in [0.2, 0.25) is 0 Å². The summed E-state index contributed by atoms with van der Waals surface area (Å²) in [6.45, 7) is 0. The fourth-order valence-electron chi connectivity index (χ4n) is 1.28. The predicted octanol–water partition coefficient (Wildman–Crippen LogP) is -0.979. The maximum Gasteiger partial charge on any atom is 0.253 e. The predicted molar refractivity (Wildman–Crippen MR) is 48.7 cm³/mol. The molecule has 2 aliphatic heterocycles. The summed E-state index contributed by atoms with van der Waals surface area (Å²) in [6.07, 6.45) is 0.225. The third kappa shape index (κ3) is 1.07. The monoisotopic (exact) mass is 218 g/mol. The number of amides is 3. The molecule has 13 heavy (non-hydrogen) atoms. The lowest BCUT2D eigenvalue weighted by molar-refractivity contribution is -0.137. The highest BCUT2D eigenvalue weighted by Gasteiger charge is 2.58. The zero-order chi connectivity index (χ0) is 9.64. The van der Waals surface area contributed by atoms with E-state index in [1.54, 1.807) is 0 Å². The van der Waals surface area contributed by atoms with Crippen LogP contribution >= 0.6 is 21.6 Å². The van der Waals surface area contributed by atoms with Gasteiger partial charge in [0.05, 0.1) is 5.25 Å². The van der Waals surface area contributed by atoms with Gasteiger partial charge in [-0.2, -0.15) is 0 Å². The van der Waals surface area contributed by atoms with Crippen LogP contribution in [0.3, 0.4) is 0 Å². The minimum atomic E-state index is -1.22. The molecule has 7 heteroatoms. The number of nitrogens with one attached hydrogen (secondary N) is 1. The van der Waals surface area contributed by atoms with Crippen LogP contribution in [0.15, 0.2) is 0 Å². The normalized spacial score (nSPS) is 37.4. The molecular formula is C6H6N2O3S2. The molecular weight excluding hydrogens is 212 g/mol. The Morgan fingerprint density at radius 1 is 1.62 bits per heavy atom. The Kier molecular flexibility index (Phi) is 1.81. The van der Waals surface area contributed by atoms with Crippen LogP contribution in [-0.2, 0) is 14.4 Å². The molecule has 2 bridgehead atoms. The molecule has 2 heterocycles. The Morgan fingerprint density at radius 3 is 2.92 bits per heavy atom. The van der Waals surface area contributed by atoms with E-state index < -0.39 is 16.6 Å². The lowest BCUT2D eigenvalue weighted by atomic mass is 9.96. The van der Waals surface area contributed by atoms with Gasteiger partial charge < -0.3 is 5.73 Å². The standard InChI is InChI=1S/C6H6N2O3S2/c7-4(10)6-1-2(12-13-6)3(9)8-5(6)11/h2H,1H2,(H2,7,10)(H,8,9,11). The molecule has 0 aliphatic carbocycles. The molecule has 2 fully saturated rings. The number of carbonyl (C=O) groups excluding carboxylic acids is 3. The topological polar surface area (TPSA) is 89.3 Å². The van der Waals surface area contributed by atoms with Gasteiger partial charge in [-0.05, 0) is 0 Å². The SMILES string of the molecule is NC(=O)C12CC(SS1)C(=O)NC2=O. The van der Waals surface area contributed by atoms with Crippen molar-refractivity contribution >= 4 is 39.3 Å². The maximum absolute atomic E-state index is 11.4. The Labute approximate surface area is 81.6 Å². The van der Waals surface area contributed by atoms with Crippen LogP contribution in [0.4, 0.5) is 0 Å². The highest BCUT2D eigenvalue weighted by molar-refractivity contribution is 8.78. The highest BCUT2D eigenvalue weighted by atomic mass is 33.1. The molecule has 70 valence electrons. The van der Waals surface area contributed by atoms with Gasteiger partial charge in [0.2, 0.25) is 11.8 Å². The molecule has 2 rings (SSSR count). The van der Waals surface area contributed by atoms with E-state index >= 15 is 0 Å². The Morgan fingerprint density at radius 2 is 2.31 bits per heavy atom. The number of fused-ring (bicyclic) bond motifs is 2. The number of carbonyl (C=O) groups is 3. The van der Waals surface area contributed by atoms with Crippen molar-refractivity contribution in [2.45, 2.75) is 16.4 Å². The van der Waals surface area contributed by atoms with Crippen LogP contribution in [0.25, 0.3) is 0 Å². The third-order valence-electron chi connectivity index (χ3n) is 2.07. The van der Waals surface area contributed by atoms with Gasteiger partial charge in [-0.3, -0.25) is 19.7 Å². The van der Waals surface area contributed by atoms with Crippen LogP contribution < -0.4 is 11.1 Å². The molecule has 2 unspecified atom stereocenters. The second-order valence-electron chi connectivity index (χ2n) is 2.88. The van der Waals surface area contributed by atoms with Crippen molar-refractivity contribution in [1.82, 2.24) is 5.32 Å². The smallest absolute Gasteiger partial charge is 0.253 e. The molecule has 5 nitrogen and oxygen atoms in total. The van der Waals surface area contributed by atoms with Crippen molar-refractivity contribution in [3.8, 4) is 0 Å². The zero-order valence-electron chi connectivity index (χ0n) is 6.40. The van der Waals surface area contributed by atoms with E-state index in [2.05, 4.69) is 5.32 Å².